The fourth-order valence-corrected chi connectivity index (χ4v) is 5.01. The number of ether oxygens (including phenoxy) is 1. The van der Waals surface area contributed by atoms with Crippen LogP contribution >= 0.6 is 0 Å². The van der Waals surface area contributed by atoms with Gasteiger partial charge in [0.25, 0.3) is 5.91 Å². The van der Waals surface area contributed by atoms with Gasteiger partial charge in [0.1, 0.15) is 11.8 Å². The lowest BCUT2D eigenvalue weighted by Gasteiger charge is -2.35. The van der Waals surface area contributed by atoms with E-state index >= 15 is 0 Å². The number of carbonyl (C=O) groups is 3. The maximum absolute atomic E-state index is 13.2. The van der Waals surface area contributed by atoms with Gasteiger partial charge in [0.2, 0.25) is 5.91 Å². The average molecular weight is 515 g/mol. The smallest absolute Gasteiger partial charge is 0.409 e. The molecular weight excluding hydrogens is 476 g/mol. The summed E-state index contributed by atoms with van der Waals surface area (Å²) in [5.41, 5.74) is 2.47. The third kappa shape index (κ3) is 5.65. The molecule has 1 N–H and O–H groups in total. The van der Waals surface area contributed by atoms with Gasteiger partial charge in [-0.1, -0.05) is 25.9 Å². The number of hydrogen-bond donors (Lipinski definition) is 1. The summed E-state index contributed by atoms with van der Waals surface area (Å²) in [6, 6.07) is -0.564. The molecule has 2 unspecified atom stereocenters. The molecule has 11 nitrogen and oxygen atoms in total. The van der Waals surface area contributed by atoms with E-state index in [1.807, 2.05) is 0 Å². The van der Waals surface area contributed by atoms with Crippen molar-refractivity contribution < 1.29 is 23.6 Å². The van der Waals surface area contributed by atoms with Gasteiger partial charge in [0.05, 0.1) is 18.0 Å². The minimum atomic E-state index is -0.564. The molecule has 1 saturated heterocycles. The van der Waals surface area contributed by atoms with Crippen molar-refractivity contribution in [3.05, 3.63) is 28.9 Å². The summed E-state index contributed by atoms with van der Waals surface area (Å²) in [7, 11) is 0. The van der Waals surface area contributed by atoms with Crippen molar-refractivity contribution in [2.75, 3.05) is 38.1 Å². The van der Waals surface area contributed by atoms with Crippen LogP contribution in [0.4, 0.5) is 10.5 Å². The first-order valence-electron chi connectivity index (χ1n) is 13.0. The largest absolute Gasteiger partial charge is 0.450 e. The first-order valence-corrected chi connectivity index (χ1v) is 13.0. The second-order valence-electron chi connectivity index (χ2n) is 11.0. The van der Waals surface area contributed by atoms with Crippen LogP contribution in [0.3, 0.4) is 0 Å². The number of aromatic nitrogens is 3. The highest BCUT2D eigenvalue weighted by Crippen LogP contribution is 2.38. The SMILES string of the molecule is CCOC(=O)N1CCN(C(=O)C(C)n2cc(NC(=O)c3noc4c3CC(C(C)(C)C)CC4)c(C)n2)CC1. The van der Waals surface area contributed by atoms with Crippen LogP contribution in [0.5, 0.6) is 0 Å². The quantitative estimate of drug-likeness (QED) is 0.648. The van der Waals surface area contributed by atoms with Gasteiger partial charge in [-0.25, -0.2) is 4.79 Å². The molecule has 2 atom stereocenters. The summed E-state index contributed by atoms with van der Waals surface area (Å²) in [4.78, 5) is 41.5. The summed E-state index contributed by atoms with van der Waals surface area (Å²) in [6.45, 7) is 14.0. The van der Waals surface area contributed by atoms with E-state index in [4.69, 9.17) is 9.26 Å². The van der Waals surface area contributed by atoms with Gasteiger partial charge in [-0.05, 0) is 44.9 Å². The molecule has 0 bridgehead atoms. The molecule has 37 heavy (non-hydrogen) atoms. The molecule has 0 spiro atoms. The van der Waals surface area contributed by atoms with Gasteiger partial charge >= 0.3 is 6.09 Å². The van der Waals surface area contributed by atoms with E-state index < -0.39 is 6.04 Å². The zero-order chi connectivity index (χ0) is 26.9. The molecule has 0 aromatic carbocycles. The minimum absolute atomic E-state index is 0.0947. The third-order valence-corrected chi connectivity index (χ3v) is 7.52. The fraction of sp³-hybridized carbons (Fsp3) is 0.654. The molecule has 2 aromatic rings. The number of amides is 3. The number of nitrogens with one attached hydrogen (secondary N) is 1. The maximum Gasteiger partial charge on any atom is 0.409 e. The lowest BCUT2D eigenvalue weighted by Crippen LogP contribution is -2.52. The van der Waals surface area contributed by atoms with Crippen molar-refractivity contribution in [3.63, 3.8) is 0 Å². The Morgan fingerprint density at radius 1 is 1.19 bits per heavy atom. The van der Waals surface area contributed by atoms with Gasteiger partial charge in [-0.15, -0.1) is 0 Å². The van der Waals surface area contributed by atoms with Crippen LogP contribution in [0.2, 0.25) is 0 Å². The van der Waals surface area contributed by atoms with Crippen LogP contribution < -0.4 is 5.32 Å². The summed E-state index contributed by atoms with van der Waals surface area (Å²) < 4.78 is 12.1. The number of hydrogen-bond acceptors (Lipinski definition) is 7. The third-order valence-electron chi connectivity index (χ3n) is 7.52. The molecule has 3 heterocycles. The molecule has 4 rings (SSSR count). The van der Waals surface area contributed by atoms with E-state index in [0.717, 1.165) is 30.6 Å². The van der Waals surface area contributed by atoms with Crippen LogP contribution in [0.15, 0.2) is 10.7 Å². The van der Waals surface area contributed by atoms with Crippen LogP contribution in [0, 0.1) is 18.3 Å². The normalized spacial score (nSPS) is 18.8. The highest BCUT2D eigenvalue weighted by molar-refractivity contribution is 6.04. The molecule has 0 radical (unpaired) electrons. The lowest BCUT2D eigenvalue weighted by atomic mass is 9.71. The van der Waals surface area contributed by atoms with E-state index in [1.54, 1.807) is 41.4 Å². The minimum Gasteiger partial charge on any atom is -0.450 e. The molecule has 1 fully saturated rings. The van der Waals surface area contributed by atoms with E-state index in [2.05, 4.69) is 36.3 Å². The summed E-state index contributed by atoms with van der Waals surface area (Å²) in [6.07, 6.45) is 3.88. The predicted molar refractivity (Wildman–Crippen MR) is 136 cm³/mol. The Morgan fingerprint density at radius 2 is 1.86 bits per heavy atom. The first-order chi connectivity index (χ1) is 17.5. The highest BCUT2D eigenvalue weighted by atomic mass is 16.6. The molecule has 3 amide bonds. The van der Waals surface area contributed by atoms with E-state index in [9.17, 15) is 14.4 Å². The van der Waals surface area contributed by atoms with E-state index in [0.29, 0.717) is 55.8 Å². The van der Waals surface area contributed by atoms with E-state index in [1.165, 1.54) is 0 Å². The van der Waals surface area contributed by atoms with Gasteiger partial charge in [0, 0.05) is 44.4 Å². The Labute approximate surface area is 217 Å². The second kappa shape index (κ2) is 10.5. The molecule has 0 saturated carbocycles. The molecule has 1 aliphatic heterocycles. The number of anilines is 1. The predicted octanol–water partition coefficient (Wildman–Crippen LogP) is 3.44. The number of carbonyl (C=O) groups excluding carboxylic acids is 3. The van der Waals surface area contributed by atoms with Crippen molar-refractivity contribution in [2.24, 2.45) is 11.3 Å². The molecule has 202 valence electrons. The topological polar surface area (TPSA) is 123 Å². The van der Waals surface area contributed by atoms with Crippen LogP contribution in [0.25, 0.3) is 0 Å². The van der Waals surface area contributed by atoms with Crippen molar-refractivity contribution >= 4 is 23.6 Å². The zero-order valence-electron chi connectivity index (χ0n) is 22.7. The van der Waals surface area contributed by atoms with Crippen molar-refractivity contribution in [2.45, 2.75) is 66.8 Å². The number of piperazine rings is 1. The van der Waals surface area contributed by atoms with Gasteiger partial charge in [-0.2, -0.15) is 5.10 Å². The average Bonchev–Trinajstić information content (AvgIpc) is 3.45. The number of fused-ring (bicyclic) bond motifs is 1. The molecule has 1 aliphatic carbocycles. The van der Waals surface area contributed by atoms with Crippen molar-refractivity contribution in [3.8, 4) is 0 Å². The number of nitrogens with zero attached hydrogens (tertiary/aromatic N) is 5. The van der Waals surface area contributed by atoms with E-state index in [-0.39, 0.29) is 23.3 Å². The number of rotatable bonds is 5. The van der Waals surface area contributed by atoms with Gasteiger partial charge in [0.15, 0.2) is 5.69 Å². The summed E-state index contributed by atoms with van der Waals surface area (Å²) >= 11 is 0. The van der Waals surface area contributed by atoms with Crippen LogP contribution in [0.1, 0.15) is 74.6 Å². The van der Waals surface area contributed by atoms with Crippen LogP contribution in [-0.4, -0.2) is 75.4 Å². The van der Waals surface area contributed by atoms with Gasteiger partial charge in [-0.3, -0.25) is 14.3 Å². The molecule has 2 aliphatic rings. The maximum atomic E-state index is 13.2. The monoisotopic (exact) mass is 514 g/mol. The second-order valence-corrected chi connectivity index (χ2v) is 11.0. The van der Waals surface area contributed by atoms with Crippen molar-refractivity contribution in [1.29, 1.82) is 0 Å². The molecular formula is C26H38N6O5. The van der Waals surface area contributed by atoms with Crippen molar-refractivity contribution in [1.82, 2.24) is 24.7 Å². The Balaban J connectivity index is 1.40. The Kier molecular flexibility index (Phi) is 7.61. The Hall–Kier alpha value is -3.37. The summed E-state index contributed by atoms with van der Waals surface area (Å²) in [5, 5.41) is 11.5. The standard InChI is InChI=1S/C26H38N6O5/c1-7-36-25(35)31-12-10-30(11-13-31)24(34)17(3)32-15-20(16(2)28-32)27-23(33)22-19-14-18(26(4,5)6)8-9-21(19)37-29-22/h15,17-18H,7-14H2,1-6H3,(H,27,33). The van der Waals surface area contributed by atoms with Crippen LogP contribution in [-0.2, 0) is 22.4 Å². The Bertz CT molecular complexity index is 1150. The Morgan fingerprint density at radius 3 is 2.51 bits per heavy atom. The summed E-state index contributed by atoms with van der Waals surface area (Å²) in [5.74, 6) is 0.806. The molecule has 2 aromatic heterocycles. The number of aryl methyl sites for hydroxylation is 2. The zero-order valence-corrected chi connectivity index (χ0v) is 22.7. The highest BCUT2D eigenvalue weighted by Gasteiger charge is 2.34. The first kappa shape index (κ1) is 26.7. The van der Waals surface area contributed by atoms with Gasteiger partial charge < -0.3 is 24.4 Å². The molecule has 11 heteroatoms. The fourth-order valence-electron chi connectivity index (χ4n) is 5.01. The lowest BCUT2D eigenvalue weighted by molar-refractivity contribution is -0.136.